The average Bonchev–Trinajstić information content (AvgIpc) is 2.94. The monoisotopic (exact) mass is 287 g/mol. The molecule has 0 aliphatic heterocycles. The van der Waals surface area contributed by atoms with Crippen LogP contribution in [0.25, 0.3) is 0 Å². The molecule has 6 heteroatoms. The van der Waals surface area contributed by atoms with Gasteiger partial charge < -0.3 is 10.4 Å². The molecular formula is C14H13N3O2S. The number of aliphatic hydroxyl groups is 1. The van der Waals surface area contributed by atoms with Crippen molar-refractivity contribution < 1.29 is 9.90 Å². The molecule has 1 amide bonds. The van der Waals surface area contributed by atoms with Crippen molar-refractivity contribution in [1.29, 1.82) is 0 Å². The summed E-state index contributed by atoms with van der Waals surface area (Å²) in [4.78, 5) is 12.1. The number of aliphatic hydroxyl groups excluding tert-OH is 1. The summed E-state index contributed by atoms with van der Waals surface area (Å²) < 4.78 is 3.68. The third kappa shape index (κ3) is 3.63. The number of rotatable bonds is 3. The van der Waals surface area contributed by atoms with Gasteiger partial charge in [0.15, 0.2) is 0 Å². The third-order valence-corrected chi connectivity index (χ3v) is 3.14. The Morgan fingerprint density at radius 2 is 2.35 bits per heavy atom. The lowest BCUT2D eigenvalue weighted by atomic mass is 10.0. The molecule has 0 saturated heterocycles. The molecule has 0 unspecified atom stereocenters. The van der Waals surface area contributed by atoms with E-state index in [2.05, 4.69) is 26.7 Å². The van der Waals surface area contributed by atoms with Crippen molar-refractivity contribution in [2.24, 2.45) is 0 Å². The fraction of sp³-hybridized carbons (Fsp3) is 0.214. The fourth-order valence-corrected chi connectivity index (χ4v) is 1.93. The fourth-order valence-electron chi connectivity index (χ4n) is 1.52. The van der Waals surface area contributed by atoms with Crippen LogP contribution < -0.4 is 5.32 Å². The maximum absolute atomic E-state index is 12.1. The summed E-state index contributed by atoms with van der Waals surface area (Å²) in [5.41, 5.74) is 2.30. The van der Waals surface area contributed by atoms with Crippen LogP contribution in [-0.2, 0) is 0 Å². The molecule has 0 fully saturated rings. The number of anilines is 1. The highest BCUT2D eigenvalue weighted by atomic mass is 32.1. The van der Waals surface area contributed by atoms with Crippen LogP contribution >= 0.6 is 11.5 Å². The van der Waals surface area contributed by atoms with E-state index in [4.69, 9.17) is 5.11 Å². The molecule has 0 bridgehead atoms. The average molecular weight is 287 g/mol. The quantitative estimate of drug-likeness (QED) is 0.845. The number of hydrogen-bond acceptors (Lipinski definition) is 5. The van der Waals surface area contributed by atoms with Crippen molar-refractivity contribution >= 4 is 22.4 Å². The van der Waals surface area contributed by atoms with E-state index in [1.807, 2.05) is 13.0 Å². The molecular weight excluding hydrogens is 274 g/mol. The van der Waals surface area contributed by atoms with Gasteiger partial charge in [-0.2, -0.15) is 0 Å². The second-order valence-electron chi connectivity index (χ2n) is 4.04. The molecule has 0 atom stereocenters. The minimum Gasteiger partial charge on any atom is -0.395 e. The van der Waals surface area contributed by atoms with Gasteiger partial charge >= 0.3 is 0 Å². The van der Waals surface area contributed by atoms with E-state index in [0.717, 1.165) is 22.7 Å². The van der Waals surface area contributed by atoms with Gasteiger partial charge in [-0.1, -0.05) is 22.4 Å². The van der Waals surface area contributed by atoms with Gasteiger partial charge in [0.05, 0.1) is 12.8 Å². The summed E-state index contributed by atoms with van der Waals surface area (Å²) >= 11 is 1.12. The van der Waals surface area contributed by atoms with Crippen molar-refractivity contribution in [2.75, 3.05) is 11.9 Å². The van der Waals surface area contributed by atoms with Crippen LogP contribution in [0.1, 0.15) is 27.9 Å². The number of hydrogen-bond donors (Lipinski definition) is 2. The number of nitrogens with zero attached hydrogens (tertiary/aromatic N) is 2. The SMILES string of the molecule is Cc1ccc(C(=O)Nc2cnns2)cc1C#CCCO. The molecule has 0 aliphatic carbocycles. The summed E-state index contributed by atoms with van der Waals surface area (Å²) in [7, 11) is 0. The van der Waals surface area contributed by atoms with E-state index in [-0.39, 0.29) is 12.5 Å². The smallest absolute Gasteiger partial charge is 0.256 e. The lowest BCUT2D eigenvalue weighted by Crippen LogP contribution is -2.11. The second-order valence-corrected chi connectivity index (χ2v) is 4.83. The Bertz CT molecular complexity index is 657. The maximum atomic E-state index is 12.1. The van der Waals surface area contributed by atoms with Gasteiger partial charge in [0.1, 0.15) is 5.00 Å². The molecule has 102 valence electrons. The van der Waals surface area contributed by atoms with Gasteiger partial charge in [-0.15, -0.1) is 5.10 Å². The number of nitrogens with one attached hydrogen (secondary N) is 1. The lowest BCUT2D eigenvalue weighted by molar-refractivity contribution is 0.102. The minimum atomic E-state index is -0.221. The zero-order valence-corrected chi connectivity index (χ0v) is 11.7. The second kappa shape index (κ2) is 6.80. The van der Waals surface area contributed by atoms with Gasteiger partial charge in [0.25, 0.3) is 5.91 Å². The van der Waals surface area contributed by atoms with E-state index >= 15 is 0 Å². The number of carbonyl (C=O) groups is 1. The summed E-state index contributed by atoms with van der Waals surface area (Å²) in [5.74, 6) is 5.59. The molecule has 1 aromatic carbocycles. The molecule has 5 nitrogen and oxygen atoms in total. The molecule has 0 saturated carbocycles. The predicted octanol–water partition coefficient (Wildman–Crippen LogP) is 1.83. The van der Waals surface area contributed by atoms with Crippen molar-refractivity contribution in [3.05, 3.63) is 41.1 Å². The highest BCUT2D eigenvalue weighted by Crippen LogP contribution is 2.14. The van der Waals surface area contributed by atoms with E-state index in [9.17, 15) is 4.79 Å². The molecule has 2 N–H and O–H groups in total. The van der Waals surface area contributed by atoms with Crippen LogP contribution in [0, 0.1) is 18.8 Å². The Morgan fingerprint density at radius 1 is 1.50 bits per heavy atom. The molecule has 0 spiro atoms. The highest BCUT2D eigenvalue weighted by Gasteiger charge is 2.08. The van der Waals surface area contributed by atoms with Gasteiger partial charge in [-0.3, -0.25) is 4.79 Å². The predicted molar refractivity (Wildman–Crippen MR) is 77.6 cm³/mol. The van der Waals surface area contributed by atoms with E-state index in [0.29, 0.717) is 17.0 Å². The van der Waals surface area contributed by atoms with Crippen molar-refractivity contribution in [2.45, 2.75) is 13.3 Å². The standard InChI is InChI=1S/C14H13N3O2S/c1-10-5-6-12(8-11(10)4-2-3-7-18)14(19)16-13-9-15-17-20-13/h5-6,8-9,18H,3,7H2,1H3,(H,16,19). The Balaban J connectivity index is 2.18. The topological polar surface area (TPSA) is 75.1 Å². The first-order valence-corrected chi connectivity index (χ1v) is 6.77. The summed E-state index contributed by atoms with van der Waals surface area (Å²) in [6.07, 6.45) is 1.92. The first-order chi connectivity index (χ1) is 9.70. The highest BCUT2D eigenvalue weighted by molar-refractivity contribution is 7.10. The Hall–Kier alpha value is -2.23. The van der Waals surface area contributed by atoms with Gasteiger partial charge in [0, 0.05) is 29.1 Å². The molecule has 2 aromatic rings. The van der Waals surface area contributed by atoms with E-state index in [1.54, 1.807) is 12.1 Å². The Labute approximate surface area is 120 Å². The van der Waals surface area contributed by atoms with Crippen molar-refractivity contribution in [1.82, 2.24) is 9.59 Å². The largest absolute Gasteiger partial charge is 0.395 e. The first kappa shape index (κ1) is 14.2. The molecule has 0 radical (unpaired) electrons. The number of aryl methyl sites for hydroxylation is 1. The zero-order chi connectivity index (χ0) is 14.4. The molecule has 2 rings (SSSR count). The van der Waals surface area contributed by atoms with Crippen molar-refractivity contribution in [3.63, 3.8) is 0 Å². The number of carbonyl (C=O) groups excluding carboxylic acids is 1. The minimum absolute atomic E-state index is 0.0323. The molecule has 0 aliphatic rings. The number of amides is 1. The van der Waals surface area contributed by atoms with Crippen LogP contribution in [0.4, 0.5) is 5.00 Å². The van der Waals surface area contributed by atoms with Crippen LogP contribution in [0.15, 0.2) is 24.4 Å². The maximum Gasteiger partial charge on any atom is 0.256 e. The number of benzene rings is 1. The Morgan fingerprint density at radius 3 is 3.05 bits per heavy atom. The van der Waals surface area contributed by atoms with E-state index < -0.39 is 0 Å². The van der Waals surface area contributed by atoms with Crippen LogP contribution in [0.5, 0.6) is 0 Å². The summed E-state index contributed by atoms with van der Waals surface area (Å²) in [5, 5.41) is 15.7. The lowest BCUT2D eigenvalue weighted by Gasteiger charge is -2.04. The Kier molecular flexibility index (Phi) is 4.82. The van der Waals surface area contributed by atoms with Gasteiger partial charge in [-0.05, 0) is 24.6 Å². The molecule has 1 heterocycles. The van der Waals surface area contributed by atoms with Crippen LogP contribution in [0.2, 0.25) is 0 Å². The van der Waals surface area contributed by atoms with Crippen LogP contribution in [0.3, 0.4) is 0 Å². The van der Waals surface area contributed by atoms with Gasteiger partial charge in [-0.25, -0.2) is 0 Å². The number of aromatic nitrogens is 2. The third-order valence-electron chi connectivity index (χ3n) is 2.56. The summed E-state index contributed by atoms with van der Waals surface area (Å²) in [6.45, 7) is 1.96. The van der Waals surface area contributed by atoms with E-state index in [1.165, 1.54) is 6.20 Å². The zero-order valence-electron chi connectivity index (χ0n) is 10.9. The molecule has 1 aromatic heterocycles. The van der Waals surface area contributed by atoms with Gasteiger partial charge in [0.2, 0.25) is 0 Å². The first-order valence-electron chi connectivity index (χ1n) is 6.00. The summed E-state index contributed by atoms with van der Waals surface area (Å²) in [6, 6.07) is 5.34. The van der Waals surface area contributed by atoms with Crippen LogP contribution in [-0.4, -0.2) is 27.2 Å². The normalized spacial score (nSPS) is 9.70. The molecule has 20 heavy (non-hydrogen) atoms. The van der Waals surface area contributed by atoms with Crippen molar-refractivity contribution in [3.8, 4) is 11.8 Å².